The van der Waals surface area contributed by atoms with E-state index in [0.717, 1.165) is 30.0 Å². The van der Waals surface area contributed by atoms with Gasteiger partial charge in [0.25, 0.3) is 0 Å². The maximum Gasteiger partial charge on any atom is 0.185 e. The normalized spacial score (nSPS) is 11.0. The molecule has 22 heavy (non-hydrogen) atoms. The number of hydrogen-bond acceptors (Lipinski definition) is 4. The van der Waals surface area contributed by atoms with Gasteiger partial charge < -0.3 is 0 Å². The predicted molar refractivity (Wildman–Crippen MR) is 93.3 cm³/mol. The number of aryl methyl sites for hydroxylation is 2. The van der Waals surface area contributed by atoms with Crippen molar-refractivity contribution in [1.82, 2.24) is 0 Å². The van der Waals surface area contributed by atoms with Gasteiger partial charge >= 0.3 is 0 Å². The Morgan fingerprint density at radius 3 is 2.05 bits per heavy atom. The first-order valence-electron chi connectivity index (χ1n) is 7.34. The second-order valence-electron chi connectivity index (χ2n) is 5.15. The third-order valence-electron chi connectivity index (χ3n) is 3.17. The van der Waals surface area contributed by atoms with Gasteiger partial charge in [0.05, 0.1) is 11.4 Å². The minimum Gasteiger partial charge on any atom is -0.288 e. The van der Waals surface area contributed by atoms with Gasteiger partial charge in [-0.2, -0.15) is 10.2 Å². The van der Waals surface area contributed by atoms with Crippen molar-refractivity contribution in [2.75, 3.05) is 5.75 Å². The summed E-state index contributed by atoms with van der Waals surface area (Å²) in [5.74, 6) is 0.879. The molecule has 4 heteroatoms. The zero-order chi connectivity index (χ0) is 15.8. The van der Waals surface area contributed by atoms with E-state index >= 15 is 0 Å². The quantitative estimate of drug-likeness (QED) is 0.513. The Morgan fingerprint density at radius 2 is 1.50 bits per heavy atom. The lowest BCUT2D eigenvalue weighted by molar-refractivity contribution is -0.109. The molecule has 2 aromatic carbocycles. The van der Waals surface area contributed by atoms with E-state index in [2.05, 4.69) is 29.3 Å². The topological polar surface area (TPSA) is 41.8 Å². The van der Waals surface area contributed by atoms with Gasteiger partial charge in [-0.05, 0) is 49.6 Å². The summed E-state index contributed by atoms with van der Waals surface area (Å²) in [6.07, 6.45) is 1.99. The van der Waals surface area contributed by atoms with Crippen LogP contribution in [0.25, 0.3) is 0 Å². The molecule has 0 unspecified atom stereocenters. The molecule has 0 radical (unpaired) electrons. The van der Waals surface area contributed by atoms with Gasteiger partial charge in [-0.15, -0.1) is 0 Å². The molecule has 2 rings (SSSR count). The molecule has 0 spiro atoms. The molecule has 2 aromatic rings. The second kappa shape index (κ2) is 8.49. The molecule has 0 saturated heterocycles. The molecule has 114 valence electrons. The standard InChI is InChI=1S/C18H20N2OS/c1-14-5-9-17(10-6-14)19-20-18-11-7-16(8-12-18)4-3-13-22-15(2)21/h5-12H,3-4,13H2,1-2H3. The van der Waals surface area contributed by atoms with Gasteiger partial charge in [-0.1, -0.05) is 41.6 Å². The van der Waals surface area contributed by atoms with Crippen LogP contribution in [0.4, 0.5) is 11.4 Å². The lowest BCUT2D eigenvalue weighted by atomic mass is 10.1. The average molecular weight is 312 g/mol. The molecule has 0 atom stereocenters. The largest absolute Gasteiger partial charge is 0.288 e. The van der Waals surface area contributed by atoms with E-state index in [9.17, 15) is 4.79 Å². The number of azo groups is 1. The third kappa shape index (κ3) is 5.82. The van der Waals surface area contributed by atoms with Crippen LogP contribution in [0.2, 0.25) is 0 Å². The highest BCUT2D eigenvalue weighted by molar-refractivity contribution is 8.13. The highest BCUT2D eigenvalue weighted by atomic mass is 32.2. The SMILES string of the molecule is CC(=O)SCCCc1ccc(N=Nc2ccc(C)cc2)cc1. The van der Waals surface area contributed by atoms with Crippen molar-refractivity contribution in [3.05, 3.63) is 59.7 Å². The van der Waals surface area contributed by atoms with Gasteiger partial charge in [-0.25, -0.2) is 0 Å². The molecule has 0 bridgehead atoms. The number of benzene rings is 2. The van der Waals surface area contributed by atoms with E-state index in [0.29, 0.717) is 0 Å². The minimum absolute atomic E-state index is 0.187. The zero-order valence-corrected chi connectivity index (χ0v) is 13.8. The van der Waals surface area contributed by atoms with Crippen LogP contribution in [0.3, 0.4) is 0 Å². The monoisotopic (exact) mass is 312 g/mol. The van der Waals surface area contributed by atoms with Crippen molar-refractivity contribution < 1.29 is 4.79 Å². The molecule has 3 nitrogen and oxygen atoms in total. The Kier molecular flexibility index (Phi) is 6.34. The van der Waals surface area contributed by atoms with Crippen molar-refractivity contribution in [1.29, 1.82) is 0 Å². The molecule has 0 heterocycles. The fourth-order valence-electron chi connectivity index (χ4n) is 1.95. The highest BCUT2D eigenvalue weighted by Gasteiger charge is 1.97. The fourth-order valence-corrected chi connectivity index (χ4v) is 2.52. The number of carbonyl (C=O) groups is 1. The van der Waals surface area contributed by atoms with Crippen LogP contribution in [0.15, 0.2) is 58.8 Å². The van der Waals surface area contributed by atoms with Crippen molar-refractivity contribution in [2.24, 2.45) is 10.2 Å². The van der Waals surface area contributed by atoms with Crippen molar-refractivity contribution in [2.45, 2.75) is 26.7 Å². The van der Waals surface area contributed by atoms with E-state index < -0.39 is 0 Å². The minimum atomic E-state index is 0.187. The summed E-state index contributed by atoms with van der Waals surface area (Å²) in [5.41, 5.74) is 4.18. The van der Waals surface area contributed by atoms with E-state index in [-0.39, 0.29) is 5.12 Å². The van der Waals surface area contributed by atoms with E-state index in [4.69, 9.17) is 0 Å². The van der Waals surface area contributed by atoms with Crippen molar-refractivity contribution in [3.63, 3.8) is 0 Å². The Bertz CT molecular complexity index is 633. The summed E-state index contributed by atoms with van der Waals surface area (Å²) in [6.45, 7) is 3.66. The van der Waals surface area contributed by atoms with Crippen LogP contribution in [0.1, 0.15) is 24.5 Å². The first-order valence-corrected chi connectivity index (χ1v) is 8.33. The molecule has 0 aliphatic heterocycles. The highest BCUT2D eigenvalue weighted by Crippen LogP contribution is 2.19. The molecular weight excluding hydrogens is 292 g/mol. The number of carbonyl (C=O) groups excluding carboxylic acids is 1. The van der Waals surface area contributed by atoms with E-state index in [1.807, 2.05) is 36.4 Å². The van der Waals surface area contributed by atoms with Gasteiger partial charge in [-0.3, -0.25) is 4.79 Å². The van der Waals surface area contributed by atoms with Crippen molar-refractivity contribution in [3.8, 4) is 0 Å². The van der Waals surface area contributed by atoms with Crippen LogP contribution in [0, 0.1) is 6.92 Å². The molecule has 0 aliphatic rings. The van der Waals surface area contributed by atoms with Crippen LogP contribution in [-0.4, -0.2) is 10.9 Å². The molecule has 0 saturated carbocycles. The molecule has 0 amide bonds. The maximum atomic E-state index is 10.8. The molecule has 0 aromatic heterocycles. The van der Waals surface area contributed by atoms with Crippen LogP contribution in [-0.2, 0) is 11.2 Å². The average Bonchev–Trinajstić information content (AvgIpc) is 2.52. The van der Waals surface area contributed by atoms with Crippen LogP contribution in [0.5, 0.6) is 0 Å². The first-order chi connectivity index (χ1) is 10.6. The second-order valence-corrected chi connectivity index (χ2v) is 6.42. The lowest BCUT2D eigenvalue weighted by Crippen LogP contribution is -1.90. The Balaban J connectivity index is 1.86. The fraction of sp³-hybridized carbons (Fsp3) is 0.278. The lowest BCUT2D eigenvalue weighted by Gasteiger charge is -2.01. The summed E-state index contributed by atoms with van der Waals surface area (Å²) in [6, 6.07) is 16.1. The Morgan fingerprint density at radius 1 is 0.955 bits per heavy atom. The maximum absolute atomic E-state index is 10.8. The Hall–Kier alpha value is -1.94. The van der Waals surface area contributed by atoms with Crippen LogP contribution >= 0.6 is 11.8 Å². The number of rotatable bonds is 6. The summed E-state index contributed by atoms with van der Waals surface area (Å²) in [5, 5.41) is 8.66. The summed E-state index contributed by atoms with van der Waals surface area (Å²) < 4.78 is 0. The first kappa shape index (κ1) is 16.4. The predicted octanol–water partition coefficient (Wildman–Crippen LogP) is 5.62. The van der Waals surface area contributed by atoms with E-state index in [1.165, 1.54) is 22.9 Å². The number of hydrogen-bond donors (Lipinski definition) is 0. The summed E-state index contributed by atoms with van der Waals surface area (Å²) >= 11 is 1.39. The van der Waals surface area contributed by atoms with Gasteiger partial charge in [0.15, 0.2) is 5.12 Å². The van der Waals surface area contributed by atoms with E-state index in [1.54, 1.807) is 6.92 Å². The van der Waals surface area contributed by atoms with Gasteiger partial charge in [0.2, 0.25) is 0 Å². The smallest absolute Gasteiger partial charge is 0.185 e. The summed E-state index contributed by atoms with van der Waals surface area (Å²) in [4.78, 5) is 10.8. The van der Waals surface area contributed by atoms with Crippen molar-refractivity contribution >= 4 is 28.3 Å². The Labute approximate surface area is 135 Å². The zero-order valence-electron chi connectivity index (χ0n) is 13.0. The molecule has 0 N–H and O–H groups in total. The molecular formula is C18H20N2OS. The van der Waals surface area contributed by atoms with Crippen LogP contribution < -0.4 is 0 Å². The number of thioether (sulfide) groups is 1. The molecule has 0 fully saturated rings. The molecule has 0 aliphatic carbocycles. The summed E-state index contributed by atoms with van der Waals surface area (Å²) in [7, 11) is 0. The number of nitrogens with zero attached hydrogens (tertiary/aromatic N) is 2. The van der Waals surface area contributed by atoms with Gasteiger partial charge in [0, 0.05) is 12.7 Å². The van der Waals surface area contributed by atoms with Gasteiger partial charge in [0.1, 0.15) is 0 Å². The third-order valence-corrected chi connectivity index (χ3v) is 4.07.